The molecule has 2 aromatic rings. The molecule has 0 heterocycles. The summed E-state index contributed by atoms with van der Waals surface area (Å²) in [6.07, 6.45) is 0. The number of fused-ring (bicyclic) bond motifs is 1. The van der Waals surface area contributed by atoms with Crippen LogP contribution in [0.1, 0.15) is 15.9 Å². The fourth-order valence-corrected chi connectivity index (χ4v) is 1.89. The highest BCUT2D eigenvalue weighted by molar-refractivity contribution is 6.07. The van der Waals surface area contributed by atoms with Crippen molar-refractivity contribution in [3.8, 4) is 0 Å². The zero-order chi connectivity index (χ0) is 12.4. The summed E-state index contributed by atoms with van der Waals surface area (Å²) in [5.74, 6) is -0.135. The van der Waals surface area contributed by atoms with E-state index in [4.69, 9.17) is 4.84 Å². The minimum absolute atomic E-state index is 0.135. The van der Waals surface area contributed by atoms with Crippen LogP contribution in [0.4, 0.5) is 0 Å². The topological polar surface area (TPSA) is 29.5 Å². The molecule has 0 spiro atoms. The molecule has 3 nitrogen and oxygen atoms in total. The summed E-state index contributed by atoms with van der Waals surface area (Å²) < 4.78 is 0. The second-order valence-electron chi connectivity index (χ2n) is 3.96. The largest absolute Gasteiger partial charge is 0.277 e. The lowest BCUT2D eigenvalue weighted by Crippen LogP contribution is -2.25. The number of hydroxylamine groups is 2. The number of nitrogens with zero attached hydrogens (tertiary/aromatic N) is 1. The summed E-state index contributed by atoms with van der Waals surface area (Å²) in [6.45, 7) is 2.04. The van der Waals surface area contributed by atoms with Crippen LogP contribution in [0.3, 0.4) is 0 Å². The number of carbonyl (C=O) groups is 1. The molecule has 0 aliphatic rings. The predicted molar refractivity (Wildman–Crippen MR) is 67.8 cm³/mol. The van der Waals surface area contributed by atoms with Crippen LogP contribution in [0.15, 0.2) is 36.4 Å². The van der Waals surface area contributed by atoms with Gasteiger partial charge in [-0.15, -0.1) is 0 Å². The number of amides is 1. The zero-order valence-electron chi connectivity index (χ0n) is 10.2. The van der Waals surface area contributed by atoms with Gasteiger partial charge in [-0.2, -0.15) is 0 Å². The summed E-state index contributed by atoms with van der Waals surface area (Å²) in [7, 11) is 3.09. The lowest BCUT2D eigenvalue weighted by atomic mass is 10.00. The number of carbonyl (C=O) groups excluding carboxylic acids is 1. The second kappa shape index (κ2) is 4.55. The lowest BCUT2D eigenvalue weighted by molar-refractivity contribution is -0.0755. The van der Waals surface area contributed by atoms with Crippen molar-refractivity contribution in [3.63, 3.8) is 0 Å². The Balaban J connectivity index is 2.63. The number of hydrogen-bond acceptors (Lipinski definition) is 2. The van der Waals surface area contributed by atoms with Gasteiger partial charge in [0, 0.05) is 12.6 Å². The maximum Gasteiger partial charge on any atom is 0.277 e. The first kappa shape index (κ1) is 11.6. The Hall–Kier alpha value is -1.87. The van der Waals surface area contributed by atoms with Crippen LogP contribution in [-0.4, -0.2) is 25.1 Å². The van der Waals surface area contributed by atoms with Gasteiger partial charge in [0.1, 0.15) is 0 Å². The van der Waals surface area contributed by atoms with Gasteiger partial charge in [-0.3, -0.25) is 9.63 Å². The van der Waals surface area contributed by atoms with Crippen molar-refractivity contribution in [2.24, 2.45) is 0 Å². The third kappa shape index (κ3) is 2.01. The quantitative estimate of drug-likeness (QED) is 0.741. The highest BCUT2D eigenvalue weighted by atomic mass is 16.7. The molecule has 0 aromatic heterocycles. The molecule has 88 valence electrons. The van der Waals surface area contributed by atoms with E-state index < -0.39 is 0 Å². The summed E-state index contributed by atoms with van der Waals surface area (Å²) in [6, 6.07) is 11.7. The van der Waals surface area contributed by atoms with Gasteiger partial charge in [0.25, 0.3) is 5.91 Å². The fourth-order valence-electron chi connectivity index (χ4n) is 1.89. The van der Waals surface area contributed by atoms with Crippen LogP contribution < -0.4 is 0 Å². The first-order valence-corrected chi connectivity index (χ1v) is 5.45. The van der Waals surface area contributed by atoms with Crippen molar-refractivity contribution >= 4 is 16.7 Å². The molecule has 2 aromatic carbocycles. The average Bonchev–Trinajstić information content (AvgIpc) is 2.38. The van der Waals surface area contributed by atoms with E-state index in [2.05, 4.69) is 0 Å². The molecule has 0 saturated heterocycles. The average molecular weight is 229 g/mol. The van der Waals surface area contributed by atoms with Crippen molar-refractivity contribution in [3.05, 3.63) is 47.5 Å². The van der Waals surface area contributed by atoms with Gasteiger partial charge < -0.3 is 0 Å². The Bertz CT molecular complexity index is 563. The van der Waals surface area contributed by atoms with E-state index in [1.807, 2.05) is 43.3 Å². The van der Waals surface area contributed by atoms with Crippen LogP contribution in [0.2, 0.25) is 0 Å². The van der Waals surface area contributed by atoms with Crippen LogP contribution >= 0.6 is 0 Å². The third-order valence-electron chi connectivity index (χ3n) is 2.93. The van der Waals surface area contributed by atoms with Crippen LogP contribution in [0.25, 0.3) is 10.8 Å². The molecule has 1 amide bonds. The lowest BCUT2D eigenvalue weighted by Gasteiger charge is -2.15. The van der Waals surface area contributed by atoms with Gasteiger partial charge in [0.15, 0.2) is 0 Å². The second-order valence-corrected chi connectivity index (χ2v) is 3.96. The van der Waals surface area contributed by atoms with E-state index in [0.29, 0.717) is 5.56 Å². The molecule has 0 atom stereocenters. The maximum absolute atomic E-state index is 12.1. The molecule has 0 aliphatic carbocycles. The van der Waals surface area contributed by atoms with Gasteiger partial charge in [0.05, 0.1) is 7.11 Å². The van der Waals surface area contributed by atoms with E-state index in [1.165, 1.54) is 12.2 Å². The Labute approximate surface area is 101 Å². The highest BCUT2D eigenvalue weighted by Gasteiger charge is 2.14. The van der Waals surface area contributed by atoms with Gasteiger partial charge in [-0.1, -0.05) is 30.3 Å². The molecule has 0 radical (unpaired) electrons. The fraction of sp³-hybridized carbons (Fsp3) is 0.214. The normalized spacial score (nSPS) is 10.5. The first-order valence-electron chi connectivity index (χ1n) is 5.45. The summed E-state index contributed by atoms with van der Waals surface area (Å²) in [5.41, 5.74) is 1.83. The van der Waals surface area contributed by atoms with Crippen molar-refractivity contribution in [1.82, 2.24) is 5.06 Å². The van der Waals surface area contributed by atoms with Crippen LogP contribution in [0.5, 0.6) is 0 Å². The molecular formula is C14H15NO2. The minimum Gasteiger partial charge on any atom is -0.274 e. The third-order valence-corrected chi connectivity index (χ3v) is 2.93. The molecule has 0 N–H and O–H groups in total. The predicted octanol–water partition coefficient (Wildman–Crippen LogP) is 2.78. The van der Waals surface area contributed by atoms with E-state index in [1.54, 1.807) is 7.05 Å². The van der Waals surface area contributed by atoms with Gasteiger partial charge in [0.2, 0.25) is 0 Å². The Morgan fingerprint density at radius 1 is 1.12 bits per heavy atom. The molecule has 2 rings (SSSR count). The van der Waals surface area contributed by atoms with E-state index in [0.717, 1.165) is 16.3 Å². The number of aryl methyl sites for hydroxylation is 1. The monoisotopic (exact) mass is 229 g/mol. The number of benzene rings is 2. The van der Waals surface area contributed by atoms with Gasteiger partial charge in [-0.05, 0) is 29.3 Å². The molecule has 0 unspecified atom stereocenters. The van der Waals surface area contributed by atoms with E-state index in [9.17, 15) is 4.79 Å². The molecule has 0 bridgehead atoms. The molecule has 0 aliphatic heterocycles. The van der Waals surface area contributed by atoms with Gasteiger partial charge in [-0.25, -0.2) is 5.06 Å². The summed E-state index contributed by atoms with van der Waals surface area (Å²) >= 11 is 0. The van der Waals surface area contributed by atoms with Crippen molar-refractivity contribution in [1.29, 1.82) is 0 Å². The Kier molecular flexibility index (Phi) is 3.11. The first-order chi connectivity index (χ1) is 8.15. The van der Waals surface area contributed by atoms with Crippen molar-refractivity contribution in [2.75, 3.05) is 14.2 Å². The number of hydrogen-bond donors (Lipinski definition) is 0. The minimum atomic E-state index is -0.135. The van der Waals surface area contributed by atoms with Gasteiger partial charge >= 0.3 is 0 Å². The Morgan fingerprint density at radius 2 is 1.76 bits per heavy atom. The highest BCUT2D eigenvalue weighted by Crippen LogP contribution is 2.23. The number of rotatable bonds is 2. The maximum atomic E-state index is 12.1. The van der Waals surface area contributed by atoms with Crippen molar-refractivity contribution < 1.29 is 9.63 Å². The van der Waals surface area contributed by atoms with Crippen LogP contribution in [0, 0.1) is 6.92 Å². The smallest absolute Gasteiger partial charge is 0.274 e. The molecule has 0 fully saturated rings. The van der Waals surface area contributed by atoms with E-state index >= 15 is 0 Å². The Morgan fingerprint density at radius 3 is 2.41 bits per heavy atom. The zero-order valence-corrected chi connectivity index (χ0v) is 10.2. The van der Waals surface area contributed by atoms with E-state index in [-0.39, 0.29) is 5.91 Å². The molecule has 0 saturated carbocycles. The molecular weight excluding hydrogens is 214 g/mol. The standard InChI is InChI=1S/C14H15NO2/c1-10-8-9-13(14(16)15(2)17-3)12-7-5-4-6-11(10)12/h4-9H,1-3H3. The SMILES string of the molecule is CON(C)C(=O)c1ccc(C)c2ccccc12. The summed E-state index contributed by atoms with van der Waals surface area (Å²) in [4.78, 5) is 17.0. The van der Waals surface area contributed by atoms with Crippen molar-refractivity contribution in [2.45, 2.75) is 6.92 Å². The molecule has 3 heteroatoms. The van der Waals surface area contributed by atoms with Crippen LogP contribution in [-0.2, 0) is 4.84 Å². The summed E-state index contributed by atoms with van der Waals surface area (Å²) in [5, 5.41) is 3.29. The molecule has 17 heavy (non-hydrogen) atoms.